The number of carbonyl (C=O) groups is 1. The molecule has 1 rings (SSSR count). The zero-order chi connectivity index (χ0) is 8.27. The third-order valence-electron chi connectivity index (χ3n) is 2.45. The summed E-state index contributed by atoms with van der Waals surface area (Å²) in [5.41, 5.74) is 1.37. The fourth-order valence-electron chi connectivity index (χ4n) is 1.77. The Morgan fingerprint density at radius 2 is 2.36 bits per heavy atom. The maximum atomic E-state index is 11.3. The Balaban J connectivity index is 2.59. The molecule has 0 aromatic rings. The van der Waals surface area contributed by atoms with E-state index in [0.29, 0.717) is 12.2 Å². The van der Waals surface area contributed by atoms with Gasteiger partial charge in [0.15, 0.2) is 0 Å². The molecule has 1 aliphatic carbocycles. The van der Waals surface area contributed by atoms with Crippen LogP contribution in [0, 0.1) is 5.92 Å². The number of hydrogen-bond acceptors (Lipinski definition) is 1. The van der Waals surface area contributed by atoms with Gasteiger partial charge in [-0.15, -0.1) is 0 Å². The minimum Gasteiger partial charge on any atom is -0.299 e. The largest absolute Gasteiger partial charge is 0.299 e. The predicted octanol–water partition coefficient (Wildman–Crippen LogP) is 2.71. The summed E-state index contributed by atoms with van der Waals surface area (Å²) in [4.78, 5) is 11.3. The fourth-order valence-corrected chi connectivity index (χ4v) is 1.77. The molecule has 0 aromatic carbocycles. The van der Waals surface area contributed by atoms with Crippen LogP contribution in [0.1, 0.15) is 39.5 Å². The number of hydrogen-bond donors (Lipinski definition) is 0. The van der Waals surface area contributed by atoms with E-state index in [0.717, 1.165) is 19.3 Å². The highest BCUT2D eigenvalue weighted by Gasteiger charge is 2.22. The Labute approximate surface area is 68.5 Å². The molecule has 0 saturated heterocycles. The number of rotatable bonds is 3. The van der Waals surface area contributed by atoms with Crippen LogP contribution < -0.4 is 0 Å². The molecule has 0 spiro atoms. The number of allylic oxidation sites excluding steroid dienone is 2. The number of ketones is 1. The van der Waals surface area contributed by atoms with Crippen LogP contribution in [-0.2, 0) is 4.79 Å². The van der Waals surface area contributed by atoms with Gasteiger partial charge in [-0.05, 0) is 19.3 Å². The van der Waals surface area contributed by atoms with Crippen molar-refractivity contribution in [1.82, 2.24) is 0 Å². The lowest BCUT2D eigenvalue weighted by atomic mass is 9.93. The zero-order valence-electron chi connectivity index (χ0n) is 7.39. The first-order valence-electron chi connectivity index (χ1n) is 4.51. The third kappa shape index (κ3) is 1.70. The molecule has 1 heteroatoms. The smallest absolute Gasteiger partial charge is 0.139 e. The Kier molecular flexibility index (Phi) is 2.86. The molecule has 62 valence electrons. The van der Waals surface area contributed by atoms with Gasteiger partial charge in [-0.2, -0.15) is 0 Å². The van der Waals surface area contributed by atoms with Crippen LogP contribution in [0.25, 0.3) is 0 Å². The van der Waals surface area contributed by atoms with Gasteiger partial charge < -0.3 is 0 Å². The standard InChI is InChI=1S/C10H16O/c1-3-8-6-5-7-9(8)10(11)4-2/h6,9H,3-5,7H2,1-2H3. The summed E-state index contributed by atoms with van der Waals surface area (Å²) in [7, 11) is 0. The van der Waals surface area contributed by atoms with Crippen LogP contribution in [0.5, 0.6) is 0 Å². The molecule has 0 amide bonds. The minimum atomic E-state index is 0.282. The van der Waals surface area contributed by atoms with E-state index in [1.165, 1.54) is 5.57 Å². The van der Waals surface area contributed by atoms with Crippen molar-refractivity contribution in [3.05, 3.63) is 11.6 Å². The molecule has 0 aromatic heterocycles. The van der Waals surface area contributed by atoms with E-state index >= 15 is 0 Å². The molecule has 0 aliphatic heterocycles. The summed E-state index contributed by atoms with van der Waals surface area (Å²) in [6, 6.07) is 0. The maximum absolute atomic E-state index is 11.3. The van der Waals surface area contributed by atoms with E-state index in [9.17, 15) is 4.79 Å². The summed E-state index contributed by atoms with van der Waals surface area (Å²) < 4.78 is 0. The molecule has 0 heterocycles. The molecule has 1 nitrogen and oxygen atoms in total. The third-order valence-corrected chi connectivity index (χ3v) is 2.45. The van der Waals surface area contributed by atoms with E-state index < -0.39 is 0 Å². The van der Waals surface area contributed by atoms with Crippen molar-refractivity contribution in [2.24, 2.45) is 5.92 Å². The summed E-state index contributed by atoms with van der Waals surface area (Å²) in [5, 5.41) is 0. The van der Waals surface area contributed by atoms with Crippen molar-refractivity contribution in [3.63, 3.8) is 0 Å². The highest BCUT2D eigenvalue weighted by atomic mass is 16.1. The van der Waals surface area contributed by atoms with E-state index in [4.69, 9.17) is 0 Å². The maximum Gasteiger partial charge on any atom is 0.139 e. The molecular weight excluding hydrogens is 136 g/mol. The molecule has 0 bridgehead atoms. The number of Topliss-reactive ketones (excluding diaryl/α,β-unsaturated/α-hetero) is 1. The summed E-state index contributed by atoms with van der Waals surface area (Å²) in [5.74, 6) is 0.709. The summed E-state index contributed by atoms with van der Waals surface area (Å²) in [6.07, 6.45) is 6.16. The lowest BCUT2D eigenvalue weighted by molar-refractivity contribution is -0.121. The second-order valence-electron chi connectivity index (χ2n) is 3.08. The highest BCUT2D eigenvalue weighted by Crippen LogP contribution is 2.29. The fraction of sp³-hybridized carbons (Fsp3) is 0.700. The van der Waals surface area contributed by atoms with E-state index in [-0.39, 0.29) is 5.92 Å². The summed E-state index contributed by atoms with van der Waals surface area (Å²) >= 11 is 0. The van der Waals surface area contributed by atoms with Crippen LogP contribution in [-0.4, -0.2) is 5.78 Å². The topological polar surface area (TPSA) is 17.1 Å². The van der Waals surface area contributed by atoms with Gasteiger partial charge in [-0.25, -0.2) is 0 Å². The average molecular weight is 152 g/mol. The van der Waals surface area contributed by atoms with Gasteiger partial charge in [0.05, 0.1) is 0 Å². The van der Waals surface area contributed by atoms with E-state index in [1.807, 2.05) is 6.92 Å². The van der Waals surface area contributed by atoms with Gasteiger partial charge in [0.1, 0.15) is 5.78 Å². The van der Waals surface area contributed by atoms with Gasteiger partial charge in [0.25, 0.3) is 0 Å². The second kappa shape index (κ2) is 3.70. The zero-order valence-corrected chi connectivity index (χ0v) is 7.39. The Hall–Kier alpha value is -0.590. The van der Waals surface area contributed by atoms with Crippen molar-refractivity contribution >= 4 is 5.78 Å². The van der Waals surface area contributed by atoms with Crippen LogP contribution in [0.15, 0.2) is 11.6 Å². The molecule has 0 N–H and O–H groups in total. The monoisotopic (exact) mass is 152 g/mol. The first-order valence-corrected chi connectivity index (χ1v) is 4.51. The van der Waals surface area contributed by atoms with Crippen LogP contribution in [0.3, 0.4) is 0 Å². The molecular formula is C10H16O. The molecule has 0 radical (unpaired) electrons. The van der Waals surface area contributed by atoms with E-state index in [1.54, 1.807) is 0 Å². The summed E-state index contributed by atoms with van der Waals surface area (Å²) in [6.45, 7) is 4.08. The normalized spacial score (nSPS) is 23.5. The van der Waals surface area contributed by atoms with Crippen molar-refractivity contribution in [3.8, 4) is 0 Å². The predicted molar refractivity (Wildman–Crippen MR) is 46.4 cm³/mol. The molecule has 0 saturated carbocycles. The van der Waals surface area contributed by atoms with Crippen molar-refractivity contribution < 1.29 is 4.79 Å². The SMILES string of the molecule is CCC(=O)C1CCC=C1CC. The van der Waals surface area contributed by atoms with Crippen molar-refractivity contribution in [2.45, 2.75) is 39.5 Å². The quantitative estimate of drug-likeness (QED) is 0.568. The lowest BCUT2D eigenvalue weighted by Gasteiger charge is -2.10. The van der Waals surface area contributed by atoms with Gasteiger partial charge in [-0.3, -0.25) is 4.79 Å². The minimum absolute atomic E-state index is 0.282. The van der Waals surface area contributed by atoms with Crippen LogP contribution >= 0.6 is 0 Å². The Bertz CT molecular complexity index is 179. The molecule has 11 heavy (non-hydrogen) atoms. The van der Waals surface area contributed by atoms with Crippen LogP contribution in [0.4, 0.5) is 0 Å². The molecule has 0 fully saturated rings. The lowest BCUT2D eigenvalue weighted by Crippen LogP contribution is -2.12. The number of carbonyl (C=O) groups excluding carboxylic acids is 1. The van der Waals surface area contributed by atoms with Crippen molar-refractivity contribution in [2.75, 3.05) is 0 Å². The van der Waals surface area contributed by atoms with Gasteiger partial charge in [-0.1, -0.05) is 25.5 Å². The van der Waals surface area contributed by atoms with E-state index in [2.05, 4.69) is 13.0 Å². The first-order chi connectivity index (χ1) is 5.29. The van der Waals surface area contributed by atoms with Gasteiger partial charge in [0, 0.05) is 12.3 Å². The first kappa shape index (κ1) is 8.51. The average Bonchev–Trinajstić information content (AvgIpc) is 2.50. The van der Waals surface area contributed by atoms with Gasteiger partial charge in [0.2, 0.25) is 0 Å². The Morgan fingerprint density at radius 1 is 1.64 bits per heavy atom. The van der Waals surface area contributed by atoms with Crippen molar-refractivity contribution in [1.29, 1.82) is 0 Å². The van der Waals surface area contributed by atoms with Crippen LogP contribution in [0.2, 0.25) is 0 Å². The highest BCUT2D eigenvalue weighted by molar-refractivity contribution is 5.83. The Morgan fingerprint density at radius 3 is 2.91 bits per heavy atom. The van der Waals surface area contributed by atoms with Gasteiger partial charge >= 0.3 is 0 Å². The molecule has 1 atom stereocenters. The molecule has 1 aliphatic rings. The second-order valence-corrected chi connectivity index (χ2v) is 3.08. The molecule has 1 unspecified atom stereocenters.